The molecule has 0 aromatic rings. The van der Waals surface area contributed by atoms with Crippen molar-refractivity contribution in [2.24, 2.45) is 5.41 Å². The summed E-state index contributed by atoms with van der Waals surface area (Å²) >= 11 is 0. The number of carbonyl (C=O) groups is 2. The summed E-state index contributed by atoms with van der Waals surface area (Å²) in [5, 5.41) is 14.4. The van der Waals surface area contributed by atoms with Crippen LogP contribution in [-0.4, -0.2) is 29.7 Å². The number of hydrogen-bond acceptors (Lipinski definition) is 2. The van der Waals surface area contributed by atoms with Crippen LogP contribution < -0.4 is 10.6 Å². The van der Waals surface area contributed by atoms with Crippen molar-refractivity contribution in [1.82, 2.24) is 10.6 Å². The number of carbonyl (C=O) groups excluding carboxylic acids is 1. The molecule has 1 saturated carbocycles. The average Bonchev–Trinajstić information content (AvgIpc) is 2.79. The number of amides is 2. The Kier molecular flexibility index (Phi) is 6.12. The summed E-state index contributed by atoms with van der Waals surface area (Å²) in [6, 6.07) is -1.15. The van der Waals surface area contributed by atoms with Crippen LogP contribution in [0.4, 0.5) is 4.79 Å². The number of hydrogen-bond donors (Lipinski definition) is 3. The molecule has 1 fully saturated rings. The van der Waals surface area contributed by atoms with E-state index in [4.69, 9.17) is 5.11 Å². The molecule has 0 aliphatic heterocycles. The van der Waals surface area contributed by atoms with E-state index in [0.29, 0.717) is 13.0 Å². The molecule has 0 spiro atoms. The summed E-state index contributed by atoms with van der Waals surface area (Å²) in [6.45, 7) is 4.80. The summed E-state index contributed by atoms with van der Waals surface area (Å²) in [4.78, 5) is 22.8. The number of carboxylic acids is 1. The summed E-state index contributed by atoms with van der Waals surface area (Å²) in [7, 11) is 0. The third kappa shape index (κ3) is 5.49. The molecule has 1 aliphatic carbocycles. The lowest BCUT2D eigenvalue weighted by Crippen LogP contribution is -2.48. The molecule has 0 aromatic carbocycles. The van der Waals surface area contributed by atoms with Gasteiger partial charge in [0, 0.05) is 6.54 Å². The van der Waals surface area contributed by atoms with E-state index < -0.39 is 12.0 Å². The molecule has 1 atom stereocenters. The molecule has 5 nitrogen and oxygen atoms in total. The Hall–Kier alpha value is -1.26. The Morgan fingerprint density at radius 1 is 1.32 bits per heavy atom. The van der Waals surface area contributed by atoms with Gasteiger partial charge >= 0.3 is 12.0 Å². The molecule has 1 rings (SSSR count). The average molecular weight is 270 g/mol. The van der Waals surface area contributed by atoms with Gasteiger partial charge in [-0.3, -0.25) is 0 Å². The zero-order valence-corrected chi connectivity index (χ0v) is 12.0. The molecule has 19 heavy (non-hydrogen) atoms. The molecule has 2 amide bonds. The van der Waals surface area contributed by atoms with E-state index in [1.807, 2.05) is 6.92 Å². The summed E-state index contributed by atoms with van der Waals surface area (Å²) < 4.78 is 0. The maximum Gasteiger partial charge on any atom is 0.326 e. The zero-order valence-electron chi connectivity index (χ0n) is 12.0. The van der Waals surface area contributed by atoms with E-state index in [1.165, 1.54) is 12.8 Å². The molecule has 0 radical (unpaired) electrons. The molecule has 0 saturated heterocycles. The molecular formula is C14H26N2O3. The highest BCUT2D eigenvalue weighted by molar-refractivity contribution is 5.82. The van der Waals surface area contributed by atoms with Crippen LogP contribution in [0.5, 0.6) is 0 Å². The van der Waals surface area contributed by atoms with E-state index in [1.54, 1.807) is 0 Å². The molecule has 110 valence electrons. The van der Waals surface area contributed by atoms with E-state index in [0.717, 1.165) is 25.7 Å². The first-order valence-electron chi connectivity index (χ1n) is 7.24. The Morgan fingerprint density at radius 2 is 1.95 bits per heavy atom. The molecule has 3 N–H and O–H groups in total. The number of nitrogens with one attached hydrogen (secondary N) is 2. The maximum absolute atomic E-state index is 11.7. The molecule has 0 heterocycles. The van der Waals surface area contributed by atoms with Gasteiger partial charge in [-0.05, 0) is 24.7 Å². The van der Waals surface area contributed by atoms with Crippen molar-refractivity contribution in [3.05, 3.63) is 0 Å². The second-order valence-corrected chi connectivity index (χ2v) is 5.88. The second-order valence-electron chi connectivity index (χ2n) is 5.88. The van der Waals surface area contributed by atoms with Gasteiger partial charge in [-0.2, -0.15) is 0 Å². The monoisotopic (exact) mass is 270 g/mol. The second kappa shape index (κ2) is 7.36. The van der Waals surface area contributed by atoms with Crippen LogP contribution in [0.25, 0.3) is 0 Å². The number of unbranched alkanes of at least 4 members (excludes halogenated alkanes) is 1. The van der Waals surface area contributed by atoms with Gasteiger partial charge in [0.05, 0.1) is 0 Å². The number of carboxylic acid groups (broad SMARTS) is 1. The van der Waals surface area contributed by atoms with Crippen molar-refractivity contribution in [3.63, 3.8) is 0 Å². The van der Waals surface area contributed by atoms with Crippen LogP contribution in [0.1, 0.15) is 58.8 Å². The number of urea groups is 1. The minimum absolute atomic E-state index is 0.180. The van der Waals surface area contributed by atoms with E-state index in [2.05, 4.69) is 17.6 Å². The lowest BCUT2D eigenvalue weighted by Gasteiger charge is -2.24. The van der Waals surface area contributed by atoms with Crippen LogP contribution in [-0.2, 0) is 4.79 Å². The van der Waals surface area contributed by atoms with Crippen LogP contribution in [0.15, 0.2) is 0 Å². The van der Waals surface area contributed by atoms with Gasteiger partial charge in [-0.15, -0.1) is 0 Å². The highest BCUT2D eigenvalue weighted by Gasteiger charge is 2.29. The molecule has 5 heteroatoms. The number of aliphatic carboxylic acids is 1. The standard InChI is InChI=1S/C14H26N2O3/c1-3-4-7-11(12(17)18)16-13(19)15-10-14(2)8-5-6-9-14/h11H,3-10H2,1-2H3,(H,17,18)(H2,15,16,19)/t11-/m0/s1. The Balaban J connectivity index is 2.33. The molecular weight excluding hydrogens is 244 g/mol. The first-order valence-corrected chi connectivity index (χ1v) is 7.24. The van der Waals surface area contributed by atoms with E-state index >= 15 is 0 Å². The molecule has 0 aromatic heterocycles. The third-order valence-corrected chi connectivity index (χ3v) is 3.94. The fourth-order valence-electron chi connectivity index (χ4n) is 2.57. The quantitative estimate of drug-likeness (QED) is 0.665. The van der Waals surface area contributed by atoms with Gasteiger partial charge in [0.2, 0.25) is 0 Å². The largest absolute Gasteiger partial charge is 0.480 e. The van der Waals surface area contributed by atoms with Crippen molar-refractivity contribution >= 4 is 12.0 Å². The zero-order chi connectivity index (χ0) is 14.3. The minimum atomic E-state index is -0.962. The Labute approximate surface area is 115 Å². The van der Waals surface area contributed by atoms with Crippen LogP contribution in [0.2, 0.25) is 0 Å². The normalized spacial score (nSPS) is 18.8. The van der Waals surface area contributed by atoms with Crippen LogP contribution in [0.3, 0.4) is 0 Å². The molecule has 0 bridgehead atoms. The van der Waals surface area contributed by atoms with Gasteiger partial charge < -0.3 is 15.7 Å². The highest BCUT2D eigenvalue weighted by Crippen LogP contribution is 2.36. The van der Waals surface area contributed by atoms with Gasteiger partial charge in [-0.25, -0.2) is 9.59 Å². The third-order valence-electron chi connectivity index (χ3n) is 3.94. The van der Waals surface area contributed by atoms with Crippen LogP contribution in [0, 0.1) is 5.41 Å². The van der Waals surface area contributed by atoms with Crippen molar-refractivity contribution < 1.29 is 14.7 Å². The van der Waals surface area contributed by atoms with E-state index in [-0.39, 0.29) is 11.4 Å². The summed E-state index contributed by atoms with van der Waals surface area (Å²) in [5.74, 6) is -0.962. The first-order chi connectivity index (χ1) is 8.97. The Bertz CT molecular complexity index is 312. The molecule has 0 unspecified atom stereocenters. The van der Waals surface area contributed by atoms with Crippen molar-refractivity contribution in [3.8, 4) is 0 Å². The van der Waals surface area contributed by atoms with Gasteiger partial charge in [-0.1, -0.05) is 39.5 Å². The predicted molar refractivity (Wildman–Crippen MR) is 74.1 cm³/mol. The smallest absolute Gasteiger partial charge is 0.326 e. The fraction of sp³-hybridized carbons (Fsp3) is 0.857. The number of rotatable bonds is 7. The highest BCUT2D eigenvalue weighted by atomic mass is 16.4. The Morgan fingerprint density at radius 3 is 2.47 bits per heavy atom. The van der Waals surface area contributed by atoms with E-state index in [9.17, 15) is 9.59 Å². The van der Waals surface area contributed by atoms with Gasteiger partial charge in [0.15, 0.2) is 0 Å². The lowest BCUT2D eigenvalue weighted by molar-refractivity contribution is -0.139. The van der Waals surface area contributed by atoms with Gasteiger partial charge in [0.25, 0.3) is 0 Å². The lowest BCUT2D eigenvalue weighted by atomic mass is 9.89. The summed E-state index contributed by atoms with van der Waals surface area (Å²) in [5.41, 5.74) is 0.180. The van der Waals surface area contributed by atoms with Crippen molar-refractivity contribution in [1.29, 1.82) is 0 Å². The summed E-state index contributed by atoms with van der Waals surface area (Å²) in [6.07, 6.45) is 6.90. The first kappa shape index (κ1) is 15.8. The minimum Gasteiger partial charge on any atom is -0.480 e. The molecule has 1 aliphatic rings. The maximum atomic E-state index is 11.7. The van der Waals surface area contributed by atoms with Crippen molar-refractivity contribution in [2.45, 2.75) is 64.8 Å². The van der Waals surface area contributed by atoms with Crippen LogP contribution >= 0.6 is 0 Å². The topological polar surface area (TPSA) is 78.4 Å². The predicted octanol–water partition coefficient (Wildman–Crippen LogP) is 2.51. The van der Waals surface area contributed by atoms with Crippen molar-refractivity contribution in [2.75, 3.05) is 6.54 Å². The van der Waals surface area contributed by atoms with Gasteiger partial charge in [0.1, 0.15) is 6.04 Å². The SMILES string of the molecule is CCCC[C@H](NC(=O)NCC1(C)CCCC1)C(=O)O. The fourth-order valence-corrected chi connectivity index (χ4v) is 2.57.